The van der Waals surface area contributed by atoms with Gasteiger partial charge >= 0.3 is 7.25 Å². The Bertz CT molecular complexity index is 515. The van der Waals surface area contributed by atoms with E-state index in [1.807, 2.05) is 6.20 Å². The molecule has 0 saturated carbocycles. The fourth-order valence-electron chi connectivity index (χ4n) is 4.23. The van der Waals surface area contributed by atoms with Gasteiger partial charge in [0.1, 0.15) is 12.4 Å². The first-order valence-corrected chi connectivity index (χ1v) is 13.7. The molecular formula is C26H51BF4N2. The zero-order chi connectivity index (χ0) is 24.6. The number of halogens is 4. The van der Waals surface area contributed by atoms with Gasteiger partial charge in [0.2, 0.25) is 0 Å². The lowest BCUT2D eigenvalue weighted by atomic mass is 10.0. The molecule has 1 heterocycles. The predicted molar refractivity (Wildman–Crippen MR) is 134 cm³/mol. The van der Waals surface area contributed by atoms with E-state index in [2.05, 4.69) is 29.7 Å². The Morgan fingerprint density at radius 3 is 1.18 bits per heavy atom. The molecule has 0 saturated heterocycles. The SMILES string of the molecule is CCCCCCCCCCCCCCCCCCCCCCc1[nH]cc[n+]1C.F[B-](F)(F)F. The van der Waals surface area contributed by atoms with Crippen LogP contribution in [0, 0.1) is 0 Å². The summed E-state index contributed by atoms with van der Waals surface area (Å²) in [4.78, 5) is 3.33. The maximum Gasteiger partial charge on any atom is 0.673 e. The molecule has 0 spiro atoms. The Morgan fingerprint density at radius 2 is 0.909 bits per heavy atom. The number of hydrogen-bond acceptors (Lipinski definition) is 0. The van der Waals surface area contributed by atoms with Crippen molar-refractivity contribution in [1.29, 1.82) is 0 Å². The second-order valence-corrected chi connectivity index (χ2v) is 9.48. The lowest BCUT2D eigenvalue weighted by molar-refractivity contribution is -0.677. The van der Waals surface area contributed by atoms with Gasteiger partial charge in [0.15, 0.2) is 0 Å². The summed E-state index contributed by atoms with van der Waals surface area (Å²) in [6, 6.07) is 0. The van der Waals surface area contributed by atoms with Crippen molar-refractivity contribution >= 4 is 7.25 Å². The van der Waals surface area contributed by atoms with E-state index < -0.39 is 7.25 Å². The Kier molecular flexibility index (Phi) is 22.1. The van der Waals surface area contributed by atoms with E-state index in [4.69, 9.17) is 0 Å². The topological polar surface area (TPSA) is 19.7 Å². The molecule has 1 aromatic rings. The third kappa shape index (κ3) is 27.1. The monoisotopic (exact) mass is 478 g/mol. The molecule has 1 N–H and O–H groups in total. The van der Waals surface area contributed by atoms with Crippen LogP contribution in [-0.4, -0.2) is 12.2 Å². The minimum atomic E-state index is -6.00. The van der Waals surface area contributed by atoms with Crippen molar-refractivity contribution in [2.45, 2.75) is 142 Å². The minimum absolute atomic E-state index is 1.20. The van der Waals surface area contributed by atoms with Crippen LogP contribution >= 0.6 is 0 Å². The number of imidazole rings is 1. The van der Waals surface area contributed by atoms with Crippen molar-refractivity contribution in [2.24, 2.45) is 7.05 Å². The number of nitrogens with one attached hydrogen (secondary N) is 1. The van der Waals surface area contributed by atoms with Gasteiger partial charge in [-0.1, -0.05) is 129 Å². The van der Waals surface area contributed by atoms with Crippen molar-refractivity contribution in [3.8, 4) is 0 Å². The molecule has 1 rings (SSSR count). The molecule has 33 heavy (non-hydrogen) atoms. The normalized spacial score (nSPS) is 11.5. The highest BCUT2D eigenvalue weighted by atomic mass is 19.5. The molecule has 0 unspecified atom stereocenters. The first-order valence-electron chi connectivity index (χ1n) is 13.7. The van der Waals surface area contributed by atoms with Crippen molar-refractivity contribution < 1.29 is 21.8 Å². The standard InChI is InChI=1S/C26H50N2.BF4/c1-3-4-5-6-7-8-9-10-11-12-13-14-15-16-17-18-19-20-21-22-23-26-27-24-25-28(26)2;2-1(3,4)5/h24-25H,3-23H2,1-2H3;/q;-1/p+1. The predicted octanol–water partition coefficient (Wildman–Crippen LogP) is 9.50. The number of aryl methyl sites for hydroxylation is 2. The highest BCUT2D eigenvalue weighted by Crippen LogP contribution is 2.15. The van der Waals surface area contributed by atoms with Crippen LogP contribution in [0.2, 0.25) is 0 Å². The van der Waals surface area contributed by atoms with E-state index in [9.17, 15) is 17.3 Å². The number of aromatic amines is 1. The van der Waals surface area contributed by atoms with E-state index in [1.54, 1.807) is 0 Å². The van der Waals surface area contributed by atoms with Crippen LogP contribution in [0.1, 0.15) is 141 Å². The van der Waals surface area contributed by atoms with Gasteiger partial charge in [-0.3, -0.25) is 0 Å². The highest BCUT2D eigenvalue weighted by Gasteiger charge is 2.20. The summed E-state index contributed by atoms with van der Waals surface area (Å²) in [5, 5.41) is 0. The lowest BCUT2D eigenvalue weighted by Crippen LogP contribution is -2.30. The molecule has 1 aromatic heterocycles. The molecule has 0 aliphatic carbocycles. The number of H-pyrrole nitrogens is 1. The second kappa shape index (κ2) is 22.8. The molecule has 7 heteroatoms. The van der Waals surface area contributed by atoms with E-state index in [1.165, 1.54) is 141 Å². The first kappa shape index (κ1) is 32.0. The van der Waals surface area contributed by atoms with Gasteiger partial charge in [0.05, 0.1) is 7.05 Å². The smallest absolute Gasteiger partial charge is 0.418 e. The van der Waals surface area contributed by atoms with Crippen molar-refractivity contribution in [2.75, 3.05) is 0 Å². The second-order valence-electron chi connectivity index (χ2n) is 9.48. The summed E-state index contributed by atoms with van der Waals surface area (Å²) in [5.74, 6) is 1.36. The zero-order valence-corrected chi connectivity index (χ0v) is 21.5. The third-order valence-corrected chi connectivity index (χ3v) is 6.24. The molecule has 196 valence electrons. The number of hydrogen-bond donors (Lipinski definition) is 1. The Morgan fingerprint density at radius 1 is 0.606 bits per heavy atom. The van der Waals surface area contributed by atoms with Gasteiger partial charge in [-0.2, -0.15) is 0 Å². The number of nitrogens with zero attached hydrogens (tertiary/aromatic N) is 1. The Hall–Kier alpha value is -1.01. The van der Waals surface area contributed by atoms with Crippen LogP contribution in [0.4, 0.5) is 17.3 Å². The van der Waals surface area contributed by atoms with E-state index in [0.717, 1.165) is 0 Å². The van der Waals surface area contributed by atoms with Crippen LogP contribution in [0.3, 0.4) is 0 Å². The lowest BCUT2D eigenvalue weighted by Gasteiger charge is -2.04. The van der Waals surface area contributed by atoms with Gasteiger partial charge in [0.25, 0.3) is 5.82 Å². The van der Waals surface area contributed by atoms with Crippen LogP contribution in [0.25, 0.3) is 0 Å². The highest BCUT2D eigenvalue weighted by molar-refractivity contribution is 6.50. The van der Waals surface area contributed by atoms with Crippen LogP contribution in [0.15, 0.2) is 12.4 Å². The van der Waals surface area contributed by atoms with Gasteiger partial charge in [-0.25, -0.2) is 9.55 Å². The van der Waals surface area contributed by atoms with Gasteiger partial charge in [0, 0.05) is 6.42 Å². The summed E-state index contributed by atoms with van der Waals surface area (Å²) in [6.45, 7) is 2.30. The molecule has 0 aromatic carbocycles. The molecule has 0 amide bonds. The Labute approximate surface area is 201 Å². The third-order valence-electron chi connectivity index (χ3n) is 6.24. The number of aromatic nitrogens is 2. The fraction of sp³-hybridized carbons (Fsp3) is 0.885. The van der Waals surface area contributed by atoms with E-state index >= 15 is 0 Å². The fourth-order valence-corrected chi connectivity index (χ4v) is 4.23. The molecular weight excluding hydrogens is 427 g/mol. The van der Waals surface area contributed by atoms with Crippen LogP contribution in [-0.2, 0) is 13.5 Å². The van der Waals surface area contributed by atoms with Crippen LogP contribution < -0.4 is 4.57 Å². The average molecular weight is 479 g/mol. The van der Waals surface area contributed by atoms with Crippen molar-refractivity contribution in [3.05, 3.63) is 18.2 Å². The van der Waals surface area contributed by atoms with Crippen molar-refractivity contribution in [3.63, 3.8) is 0 Å². The first-order chi connectivity index (χ1) is 15.8. The number of unbranched alkanes of at least 4 members (excludes halogenated alkanes) is 19. The minimum Gasteiger partial charge on any atom is -0.418 e. The molecule has 0 atom stereocenters. The average Bonchev–Trinajstić information content (AvgIpc) is 3.16. The van der Waals surface area contributed by atoms with Gasteiger partial charge in [-0.15, -0.1) is 0 Å². The summed E-state index contributed by atoms with van der Waals surface area (Å²) < 4.78 is 41.2. The molecule has 0 fully saturated rings. The maximum absolute atomic E-state index is 9.75. The Balaban J connectivity index is 0.00000184. The molecule has 0 radical (unpaired) electrons. The van der Waals surface area contributed by atoms with E-state index in [0.29, 0.717) is 0 Å². The largest absolute Gasteiger partial charge is 0.673 e. The summed E-state index contributed by atoms with van der Waals surface area (Å²) in [5.41, 5.74) is 0. The number of rotatable bonds is 21. The van der Waals surface area contributed by atoms with Crippen LogP contribution in [0.5, 0.6) is 0 Å². The van der Waals surface area contributed by atoms with E-state index in [-0.39, 0.29) is 0 Å². The zero-order valence-electron chi connectivity index (χ0n) is 21.5. The van der Waals surface area contributed by atoms with Gasteiger partial charge < -0.3 is 17.3 Å². The van der Waals surface area contributed by atoms with Gasteiger partial charge in [-0.05, 0) is 6.42 Å². The quantitative estimate of drug-likeness (QED) is 0.0786. The van der Waals surface area contributed by atoms with Crippen molar-refractivity contribution in [1.82, 2.24) is 4.98 Å². The molecule has 2 nitrogen and oxygen atoms in total. The summed E-state index contributed by atoms with van der Waals surface area (Å²) in [6.07, 6.45) is 34.3. The molecule has 0 aliphatic heterocycles. The summed E-state index contributed by atoms with van der Waals surface area (Å²) >= 11 is 0. The molecule has 0 bridgehead atoms. The maximum atomic E-state index is 9.75. The summed E-state index contributed by atoms with van der Waals surface area (Å²) in [7, 11) is -3.87. The molecule has 0 aliphatic rings.